The van der Waals surface area contributed by atoms with Gasteiger partial charge in [-0.1, -0.05) is 11.6 Å². The van der Waals surface area contributed by atoms with Gasteiger partial charge < -0.3 is 10.6 Å². The van der Waals surface area contributed by atoms with E-state index in [2.05, 4.69) is 15.6 Å². The number of amides is 1. The van der Waals surface area contributed by atoms with Crippen LogP contribution >= 0.6 is 11.6 Å². The average molecular weight is 304 g/mol. The Morgan fingerprint density at radius 1 is 1.24 bits per heavy atom. The van der Waals surface area contributed by atoms with E-state index in [1.807, 2.05) is 25.1 Å². The summed E-state index contributed by atoms with van der Waals surface area (Å²) in [6.45, 7) is 3.31. The number of anilines is 1. The fourth-order valence-electron chi connectivity index (χ4n) is 2.01. The molecule has 1 amide bonds. The van der Waals surface area contributed by atoms with Crippen molar-refractivity contribution in [2.45, 2.75) is 13.3 Å². The topological polar surface area (TPSA) is 54.0 Å². The van der Waals surface area contributed by atoms with Gasteiger partial charge in [0.1, 0.15) is 0 Å². The minimum Gasteiger partial charge on any atom is -0.385 e. The molecule has 1 aromatic heterocycles. The van der Waals surface area contributed by atoms with Crippen LogP contribution in [0.15, 0.2) is 42.7 Å². The van der Waals surface area contributed by atoms with Crippen LogP contribution in [0.3, 0.4) is 0 Å². The normalized spacial score (nSPS) is 10.2. The van der Waals surface area contributed by atoms with Crippen molar-refractivity contribution in [3.05, 3.63) is 58.9 Å². The first-order valence-electron chi connectivity index (χ1n) is 6.91. The van der Waals surface area contributed by atoms with Crippen molar-refractivity contribution in [3.8, 4) is 0 Å². The van der Waals surface area contributed by atoms with Crippen LogP contribution in [0.25, 0.3) is 0 Å². The Balaban J connectivity index is 1.98. The highest BCUT2D eigenvalue weighted by atomic mass is 35.5. The van der Waals surface area contributed by atoms with Gasteiger partial charge in [-0.3, -0.25) is 9.78 Å². The van der Waals surface area contributed by atoms with Crippen molar-refractivity contribution in [2.24, 2.45) is 0 Å². The molecule has 5 heteroatoms. The maximum Gasteiger partial charge on any atom is 0.253 e. The highest BCUT2D eigenvalue weighted by molar-refractivity contribution is 6.31. The maximum absolute atomic E-state index is 12.3. The predicted molar refractivity (Wildman–Crippen MR) is 85.9 cm³/mol. The SMILES string of the molecule is CCNc1ccc(Cl)cc1C(=O)NCCc1ccncc1. The standard InChI is InChI=1S/C16H18ClN3O/c1-2-19-15-4-3-13(17)11-14(15)16(21)20-10-7-12-5-8-18-9-6-12/h3-6,8-9,11,19H,2,7,10H2,1H3,(H,20,21). The van der Waals surface area contributed by atoms with Crippen LogP contribution < -0.4 is 10.6 Å². The van der Waals surface area contributed by atoms with Crippen molar-refractivity contribution in [1.29, 1.82) is 0 Å². The van der Waals surface area contributed by atoms with E-state index in [0.717, 1.165) is 24.2 Å². The fraction of sp³-hybridized carbons (Fsp3) is 0.250. The number of hydrogen-bond donors (Lipinski definition) is 2. The zero-order valence-corrected chi connectivity index (χ0v) is 12.7. The molecule has 2 rings (SSSR count). The lowest BCUT2D eigenvalue weighted by Gasteiger charge is -2.11. The second-order valence-electron chi connectivity index (χ2n) is 4.58. The Morgan fingerprint density at radius 3 is 2.71 bits per heavy atom. The molecule has 110 valence electrons. The highest BCUT2D eigenvalue weighted by Crippen LogP contribution is 2.20. The molecule has 0 fully saturated rings. The number of pyridine rings is 1. The molecule has 2 aromatic rings. The van der Waals surface area contributed by atoms with Crippen molar-refractivity contribution in [3.63, 3.8) is 0 Å². The quantitative estimate of drug-likeness (QED) is 0.862. The number of halogens is 1. The minimum atomic E-state index is -0.123. The van der Waals surface area contributed by atoms with Gasteiger partial charge in [0.2, 0.25) is 0 Å². The van der Waals surface area contributed by atoms with Crippen molar-refractivity contribution >= 4 is 23.2 Å². The molecule has 1 heterocycles. The summed E-state index contributed by atoms with van der Waals surface area (Å²) in [6.07, 6.45) is 4.26. The Bertz CT molecular complexity index is 602. The summed E-state index contributed by atoms with van der Waals surface area (Å²) in [5.74, 6) is -0.123. The van der Waals surface area contributed by atoms with Crippen LogP contribution in [-0.2, 0) is 6.42 Å². The molecular weight excluding hydrogens is 286 g/mol. The monoisotopic (exact) mass is 303 g/mol. The third-order valence-corrected chi connectivity index (χ3v) is 3.28. The van der Waals surface area contributed by atoms with Gasteiger partial charge in [-0.25, -0.2) is 0 Å². The second-order valence-corrected chi connectivity index (χ2v) is 5.02. The third-order valence-electron chi connectivity index (χ3n) is 3.04. The molecule has 0 aliphatic rings. The zero-order chi connectivity index (χ0) is 15.1. The molecule has 0 saturated carbocycles. The number of carbonyl (C=O) groups excluding carboxylic acids is 1. The van der Waals surface area contributed by atoms with Gasteiger partial charge in [0, 0.05) is 36.2 Å². The summed E-state index contributed by atoms with van der Waals surface area (Å²) in [7, 11) is 0. The van der Waals surface area contributed by atoms with Gasteiger partial charge in [-0.15, -0.1) is 0 Å². The van der Waals surface area contributed by atoms with E-state index in [-0.39, 0.29) is 5.91 Å². The van der Waals surface area contributed by atoms with Crippen molar-refractivity contribution < 1.29 is 4.79 Å². The summed E-state index contributed by atoms with van der Waals surface area (Å²) >= 11 is 5.98. The van der Waals surface area contributed by atoms with Gasteiger partial charge in [0.25, 0.3) is 5.91 Å². The van der Waals surface area contributed by atoms with E-state index < -0.39 is 0 Å². The minimum absolute atomic E-state index is 0.123. The van der Waals surface area contributed by atoms with Gasteiger partial charge in [0.15, 0.2) is 0 Å². The Hall–Kier alpha value is -2.07. The van der Waals surface area contributed by atoms with Crippen LogP contribution in [0.4, 0.5) is 5.69 Å². The summed E-state index contributed by atoms with van der Waals surface area (Å²) in [5.41, 5.74) is 2.51. The lowest BCUT2D eigenvalue weighted by Crippen LogP contribution is -2.26. The number of nitrogens with one attached hydrogen (secondary N) is 2. The van der Waals surface area contributed by atoms with Crippen molar-refractivity contribution in [1.82, 2.24) is 10.3 Å². The van der Waals surface area contributed by atoms with Crippen LogP contribution in [0, 0.1) is 0 Å². The molecular formula is C16H18ClN3O. The highest BCUT2D eigenvalue weighted by Gasteiger charge is 2.11. The predicted octanol–water partition coefficient (Wildman–Crippen LogP) is 3.14. The third kappa shape index (κ3) is 4.46. The van der Waals surface area contributed by atoms with Crippen molar-refractivity contribution in [2.75, 3.05) is 18.4 Å². The molecule has 1 aromatic carbocycles. The summed E-state index contributed by atoms with van der Waals surface area (Å²) in [4.78, 5) is 16.2. The smallest absolute Gasteiger partial charge is 0.253 e. The van der Waals surface area contributed by atoms with E-state index in [1.165, 1.54) is 0 Å². The Kier molecular flexibility index (Phi) is 5.58. The lowest BCUT2D eigenvalue weighted by molar-refractivity contribution is 0.0955. The number of rotatable bonds is 6. The number of nitrogens with zero attached hydrogens (tertiary/aromatic N) is 1. The van der Waals surface area contributed by atoms with E-state index in [0.29, 0.717) is 17.1 Å². The van der Waals surface area contributed by atoms with Crippen LogP contribution in [-0.4, -0.2) is 24.0 Å². The fourth-order valence-corrected chi connectivity index (χ4v) is 2.19. The summed E-state index contributed by atoms with van der Waals surface area (Å²) in [5, 5.41) is 6.63. The molecule has 0 unspecified atom stereocenters. The zero-order valence-electron chi connectivity index (χ0n) is 11.9. The van der Waals surface area contributed by atoms with Gasteiger partial charge in [-0.05, 0) is 49.2 Å². The molecule has 0 aliphatic carbocycles. The molecule has 4 nitrogen and oxygen atoms in total. The molecule has 2 N–H and O–H groups in total. The van der Waals surface area contributed by atoms with Gasteiger partial charge in [-0.2, -0.15) is 0 Å². The Morgan fingerprint density at radius 2 is 2.00 bits per heavy atom. The molecule has 0 bridgehead atoms. The van der Waals surface area contributed by atoms with Gasteiger partial charge >= 0.3 is 0 Å². The van der Waals surface area contributed by atoms with E-state index in [1.54, 1.807) is 24.5 Å². The average Bonchev–Trinajstić information content (AvgIpc) is 2.50. The maximum atomic E-state index is 12.3. The number of benzene rings is 1. The first kappa shape index (κ1) is 15.3. The molecule has 0 spiro atoms. The van der Waals surface area contributed by atoms with E-state index in [4.69, 9.17) is 11.6 Å². The van der Waals surface area contributed by atoms with E-state index >= 15 is 0 Å². The van der Waals surface area contributed by atoms with Crippen LogP contribution in [0.1, 0.15) is 22.8 Å². The number of carbonyl (C=O) groups is 1. The first-order valence-corrected chi connectivity index (χ1v) is 7.29. The first-order chi connectivity index (χ1) is 10.2. The molecule has 0 radical (unpaired) electrons. The van der Waals surface area contributed by atoms with Crippen LogP contribution in [0.2, 0.25) is 5.02 Å². The largest absolute Gasteiger partial charge is 0.385 e. The number of aromatic nitrogens is 1. The Labute approximate surface area is 129 Å². The second kappa shape index (κ2) is 7.64. The molecule has 0 saturated heterocycles. The van der Waals surface area contributed by atoms with Crippen LogP contribution in [0.5, 0.6) is 0 Å². The summed E-state index contributed by atoms with van der Waals surface area (Å²) in [6, 6.07) is 9.16. The molecule has 21 heavy (non-hydrogen) atoms. The van der Waals surface area contributed by atoms with Gasteiger partial charge in [0.05, 0.1) is 5.56 Å². The molecule has 0 aliphatic heterocycles. The lowest BCUT2D eigenvalue weighted by atomic mass is 10.1. The number of hydrogen-bond acceptors (Lipinski definition) is 3. The molecule has 0 atom stereocenters. The summed E-state index contributed by atoms with van der Waals surface area (Å²) < 4.78 is 0. The van der Waals surface area contributed by atoms with E-state index in [9.17, 15) is 4.79 Å².